The van der Waals surface area contributed by atoms with Crippen LogP contribution in [0.25, 0.3) is 0 Å². The zero-order valence-electron chi connectivity index (χ0n) is 10.7. The van der Waals surface area contributed by atoms with E-state index in [0.717, 1.165) is 17.2 Å². The lowest BCUT2D eigenvalue weighted by atomic mass is 9.84. The first kappa shape index (κ1) is 13.8. The summed E-state index contributed by atoms with van der Waals surface area (Å²) >= 11 is 3.67. The van der Waals surface area contributed by atoms with Crippen LogP contribution in [0.1, 0.15) is 37.8 Å². The SMILES string of the molecule is CCC(CC)C(CBr)Cc1cccc(C)c1. The highest BCUT2D eigenvalue weighted by molar-refractivity contribution is 9.09. The second-order valence-electron chi connectivity index (χ2n) is 4.68. The molecule has 0 saturated heterocycles. The van der Waals surface area contributed by atoms with E-state index in [-0.39, 0.29) is 0 Å². The van der Waals surface area contributed by atoms with Crippen molar-refractivity contribution in [1.29, 1.82) is 0 Å². The molecule has 0 heterocycles. The summed E-state index contributed by atoms with van der Waals surface area (Å²) in [5.41, 5.74) is 2.85. The van der Waals surface area contributed by atoms with Crippen molar-refractivity contribution in [3.63, 3.8) is 0 Å². The molecule has 0 amide bonds. The summed E-state index contributed by atoms with van der Waals surface area (Å²) in [6.45, 7) is 6.78. The highest BCUT2D eigenvalue weighted by Gasteiger charge is 2.17. The first-order chi connectivity index (χ1) is 7.71. The number of benzene rings is 1. The number of rotatable bonds is 6. The van der Waals surface area contributed by atoms with Crippen molar-refractivity contribution in [1.82, 2.24) is 0 Å². The van der Waals surface area contributed by atoms with E-state index in [1.807, 2.05) is 0 Å². The third-order valence-electron chi connectivity index (χ3n) is 3.49. The van der Waals surface area contributed by atoms with Gasteiger partial charge in [-0.15, -0.1) is 0 Å². The van der Waals surface area contributed by atoms with Crippen molar-refractivity contribution in [2.24, 2.45) is 11.8 Å². The van der Waals surface area contributed by atoms with Gasteiger partial charge in [-0.05, 0) is 30.7 Å². The summed E-state index contributed by atoms with van der Waals surface area (Å²) in [5, 5.41) is 1.12. The van der Waals surface area contributed by atoms with Crippen LogP contribution in [0.15, 0.2) is 24.3 Å². The van der Waals surface area contributed by atoms with Gasteiger partial charge in [-0.1, -0.05) is 72.4 Å². The van der Waals surface area contributed by atoms with Gasteiger partial charge >= 0.3 is 0 Å². The summed E-state index contributed by atoms with van der Waals surface area (Å²) in [6.07, 6.45) is 3.79. The minimum atomic E-state index is 0.775. The van der Waals surface area contributed by atoms with Crippen LogP contribution in [0.5, 0.6) is 0 Å². The fourth-order valence-electron chi connectivity index (χ4n) is 2.44. The predicted octanol–water partition coefficient (Wildman–Crippen LogP) is 4.98. The molecule has 1 aromatic rings. The van der Waals surface area contributed by atoms with Crippen LogP contribution in [0.3, 0.4) is 0 Å². The molecule has 1 rings (SSSR count). The Bertz CT molecular complexity index is 302. The van der Waals surface area contributed by atoms with Crippen LogP contribution in [0.2, 0.25) is 0 Å². The van der Waals surface area contributed by atoms with Gasteiger partial charge < -0.3 is 0 Å². The van der Waals surface area contributed by atoms with Crippen molar-refractivity contribution in [2.45, 2.75) is 40.0 Å². The van der Waals surface area contributed by atoms with Gasteiger partial charge in [-0.3, -0.25) is 0 Å². The summed E-state index contributed by atoms with van der Waals surface area (Å²) in [5.74, 6) is 1.62. The van der Waals surface area contributed by atoms with E-state index < -0.39 is 0 Å². The Kier molecular flexibility index (Phi) is 6.12. The highest BCUT2D eigenvalue weighted by atomic mass is 79.9. The number of hydrogen-bond donors (Lipinski definition) is 0. The fraction of sp³-hybridized carbons (Fsp3) is 0.600. The van der Waals surface area contributed by atoms with Crippen molar-refractivity contribution in [3.8, 4) is 0 Å². The van der Waals surface area contributed by atoms with E-state index in [1.54, 1.807) is 0 Å². The molecule has 0 bridgehead atoms. The molecule has 0 spiro atoms. The van der Waals surface area contributed by atoms with Gasteiger partial charge in [0.2, 0.25) is 0 Å². The Morgan fingerprint density at radius 1 is 1.12 bits per heavy atom. The Morgan fingerprint density at radius 2 is 1.81 bits per heavy atom. The number of hydrogen-bond acceptors (Lipinski definition) is 0. The number of halogens is 1. The molecule has 0 aliphatic carbocycles. The third kappa shape index (κ3) is 3.93. The topological polar surface area (TPSA) is 0 Å². The standard InChI is InChI=1S/C15H23Br/c1-4-14(5-2)15(11-16)10-13-8-6-7-12(3)9-13/h6-9,14-15H,4-5,10-11H2,1-3H3. The Balaban J connectivity index is 2.69. The smallest absolute Gasteiger partial charge is 0.00654 e. The second-order valence-corrected chi connectivity index (χ2v) is 5.33. The van der Waals surface area contributed by atoms with E-state index in [0.29, 0.717) is 0 Å². The molecule has 0 radical (unpaired) electrons. The Morgan fingerprint density at radius 3 is 2.31 bits per heavy atom. The maximum absolute atomic E-state index is 3.67. The molecule has 1 aromatic carbocycles. The van der Waals surface area contributed by atoms with E-state index in [2.05, 4.69) is 61.0 Å². The molecule has 0 aliphatic rings. The van der Waals surface area contributed by atoms with Gasteiger partial charge in [0.25, 0.3) is 0 Å². The quantitative estimate of drug-likeness (QED) is 0.645. The molecule has 0 fully saturated rings. The van der Waals surface area contributed by atoms with Crippen LogP contribution in [-0.4, -0.2) is 5.33 Å². The average Bonchev–Trinajstić information content (AvgIpc) is 2.29. The van der Waals surface area contributed by atoms with Gasteiger partial charge in [0.05, 0.1) is 0 Å². The molecule has 0 aliphatic heterocycles. The highest BCUT2D eigenvalue weighted by Crippen LogP contribution is 2.25. The monoisotopic (exact) mass is 282 g/mol. The maximum atomic E-state index is 3.67. The van der Waals surface area contributed by atoms with Crippen LogP contribution < -0.4 is 0 Å². The zero-order valence-corrected chi connectivity index (χ0v) is 12.3. The van der Waals surface area contributed by atoms with Gasteiger partial charge in [0.15, 0.2) is 0 Å². The normalized spacial score (nSPS) is 13.1. The molecule has 90 valence electrons. The molecule has 1 unspecified atom stereocenters. The largest absolute Gasteiger partial charge is 0.0925 e. The average molecular weight is 283 g/mol. The summed E-state index contributed by atoms with van der Waals surface area (Å²) in [4.78, 5) is 0. The van der Waals surface area contributed by atoms with E-state index >= 15 is 0 Å². The predicted molar refractivity (Wildman–Crippen MR) is 76.2 cm³/mol. The van der Waals surface area contributed by atoms with Crippen molar-refractivity contribution >= 4 is 15.9 Å². The zero-order chi connectivity index (χ0) is 12.0. The molecule has 0 nitrogen and oxygen atoms in total. The van der Waals surface area contributed by atoms with Crippen LogP contribution in [0, 0.1) is 18.8 Å². The Labute approximate surface area is 109 Å². The number of alkyl halides is 1. The van der Waals surface area contributed by atoms with E-state index in [4.69, 9.17) is 0 Å². The molecule has 0 aromatic heterocycles. The van der Waals surface area contributed by atoms with E-state index in [9.17, 15) is 0 Å². The lowest BCUT2D eigenvalue weighted by Gasteiger charge is -2.23. The summed E-state index contributed by atoms with van der Waals surface area (Å²) in [7, 11) is 0. The van der Waals surface area contributed by atoms with Crippen molar-refractivity contribution in [2.75, 3.05) is 5.33 Å². The molecule has 0 saturated carbocycles. The van der Waals surface area contributed by atoms with Crippen LogP contribution in [0.4, 0.5) is 0 Å². The fourth-order valence-corrected chi connectivity index (χ4v) is 3.20. The summed E-state index contributed by atoms with van der Waals surface area (Å²) < 4.78 is 0. The van der Waals surface area contributed by atoms with Crippen molar-refractivity contribution < 1.29 is 0 Å². The third-order valence-corrected chi connectivity index (χ3v) is 4.33. The number of aryl methyl sites for hydroxylation is 1. The van der Waals surface area contributed by atoms with Crippen molar-refractivity contribution in [3.05, 3.63) is 35.4 Å². The van der Waals surface area contributed by atoms with Crippen LogP contribution in [-0.2, 0) is 6.42 Å². The molecule has 1 atom stereocenters. The minimum absolute atomic E-state index is 0.775. The summed E-state index contributed by atoms with van der Waals surface area (Å²) in [6, 6.07) is 8.91. The van der Waals surface area contributed by atoms with E-state index in [1.165, 1.54) is 30.4 Å². The maximum Gasteiger partial charge on any atom is 0.00654 e. The lowest BCUT2D eigenvalue weighted by molar-refractivity contribution is 0.342. The van der Waals surface area contributed by atoms with Crippen LogP contribution >= 0.6 is 15.9 Å². The molecule has 1 heteroatoms. The first-order valence-corrected chi connectivity index (χ1v) is 7.44. The van der Waals surface area contributed by atoms with Gasteiger partial charge in [0.1, 0.15) is 0 Å². The van der Waals surface area contributed by atoms with Gasteiger partial charge in [-0.25, -0.2) is 0 Å². The first-order valence-electron chi connectivity index (χ1n) is 6.32. The molecular formula is C15H23Br. The molecular weight excluding hydrogens is 260 g/mol. The Hall–Kier alpha value is -0.300. The second kappa shape index (κ2) is 7.11. The lowest BCUT2D eigenvalue weighted by Crippen LogP contribution is -2.17. The van der Waals surface area contributed by atoms with Gasteiger partial charge in [-0.2, -0.15) is 0 Å². The molecule has 0 N–H and O–H groups in total. The molecule has 16 heavy (non-hydrogen) atoms. The minimum Gasteiger partial charge on any atom is -0.0925 e. The van der Waals surface area contributed by atoms with Gasteiger partial charge in [0, 0.05) is 5.33 Å².